The Morgan fingerprint density at radius 3 is 1.76 bits per heavy atom. The Labute approximate surface area is 203 Å². The van der Waals surface area contributed by atoms with E-state index < -0.39 is 37.9 Å². The topological polar surface area (TPSA) is 111 Å². The number of carbonyl (C=O) groups excluding carboxylic acids is 2. The molecule has 9 heteroatoms. The van der Waals surface area contributed by atoms with Crippen LogP contribution in [0.1, 0.15) is 91.4 Å². The standard InChI is InChI=1S/C19H24O7S.C6H15N/c20-14-12-18(7-3-1-4-8-18)27(23,24)15(14)11-13-16(21)25-19(26-17(13)22)9-5-2-6-10-19;1-4-7(5-2)6-3/h11,20H,1-10,12H2;4-6H2,1-3H3/p+1. The Kier molecular flexibility index (Phi) is 8.50. The molecule has 2 spiro atoms. The third-order valence-corrected chi connectivity index (χ3v) is 10.4. The number of rotatable bonds is 4. The molecule has 0 aromatic heterocycles. The van der Waals surface area contributed by atoms with Gasteiger partial charge >= 0.3 is 11.9 Å². The summed E-state index contributed by atoms with van der Waals surface area (Å²) in [6.45, 7) is 10.5. The van der Waals surface area contributed by atoms with Crippen LogP contribution in [0.5, 0.6) is 0 Å². The summed E-state index contributed by atoms with van der Waals surface area (Å²) in [5.74, 6) is -3.27. The van der Waals surface area contributed by atoms with Gasteiger partial charge in [0, 0.05) is 19.3 Å². The van der Waals surface area contributed by atoms with Crippen LogP contribution < -0.4 is 4.90 Å². The highest BCUT2D eigenvalue weighted by atomic mass is 32.2. The highest BCUT2D eigenvalue weighted by Gasteiger charge is 2.53. The fraction of sp³-hybridized carbons (Fsp3) is 0.760. The predicted octanol–water partition coefficient (Wildman–Crippen LogP) is 2.90. The van der Waals surface area contributed by atoms with Crippen LogP contribution >= 0.6 is 0 Å². The lowest BCUT2D eigenvalue weighted by atomic mass is 9.85. The van der Waals surface area contributed by atoms with E-state index in [1.165, 1.54) is 19.6 Å². The molecule has 2 aliphatic heterocycles. The van der Waals surface area contributed by atoms with Gasteiger partial charge in [-0.1, -0.05) is 25.7 Å². The molecule has 0 radical (unpaired) electrons. The van der Waals surface area contributed by atoms with Crippen molar-refractivity contribution in [2.24, 2.45) is 0 Å². The molecule has 0 atom stereocenters. The maximum atomic E-state index is 13.1. The number of hydrogen-bond donors (Lipinski definition) is 2. The Hall–Kier alpha value is -1.87. The highest BCUT2D eigenvalue weighted by molar-refractivity contribution is 7.97. The molecule has 2 aliphatic carbocycles. The highest BCUT2D eigenvalue weighted by Crippen LogP contribution is 2.49. The van der Waals surface area contributed by atoms with Crippen LogP contribution in [-0.2, 0) is 28.9 Å². The summed E-state index contributed by atoms with van der Waals surface area (Å²) in [5, 5.41) is 10.3. The van der Waals surface area contributed by atoms with Crippen LogP contribution in [0.3, 0.4) is 0 Å². The SMILES string of the molecule is CC[NH+](CC)CC.O=C1OC2(CCCCC2)OC(=O)C1=CC1=C(O)CC2(CCCCC2)S1(=O)=O. The zero-order valence-corrected chi connectivity index (χ0v) is 21.6. The van der Waals surface area contributed by atoms with Crippen molar-refractivity contribution in [2.75, 3.05) is 19.6 Å². The molecule has 4 rings (SSSR count). The Bertz CT molecular complexity index is 907. The van der Waals surface area contributed by atoms with Gasteiger partial charge in [0.1, 0.15) is 16.2 Å². The van der Waals surface area contributed by atoms with Crippen molar-refractivity contribution in [2.45, 2.75) is 102 Å². The first-order chi connectivity index (χ1) is 16.1. The summed E-state index contributed by atoms with van der Waals surface area (Å²) in [5.41, 5.74) is -0.468. The molecule has 8 nitrogen and oxygen atoms in total. The summed E-state index contributed by atoms with van der Waals surface area (Å²) < 4.78 is 36.0. The largest absolute Gasteiger partial charge is 0.511 e. The van der Waals surface area contributed by atoms with Crippen molar-refractivity contribution >= 4 is 21.8 Å². The molecule has 0 amide bonds. The van der Waals surface area contributed by atoms with Gasteiger partial charge in [0.25, 0.3) is 5.79 Å². The number of ether oxygens (including phenoxy) is 2. The van der Waals surface area contributed by atoms with E-state index in [1.807, 2.05) is 0 Å². The first-order valence-corrected chi connectivity index (χ1v) is 14.3. The van der Waals surface area contributed by atoms with E-state index in [9.17, 15) is 23.1 Å². The van der Waals surface area contributed by atoms with Gasteiger partial charge in [0.15, 0.2) is 9.84 Å². The molecule has 2 heterocycles. The number of aliphatic hydroxyl groups excluding tert-OH is 1. The first kappa shape index (κ1) is 26.7. The number of esters is 2. The second kappa shape index (κ2) is 10.8. The van der Waals surface area contributed by atoms with Crippen molar-refractivity contribution in [3.8, 4) is 0 Å². The molecular formula is C25H40NO7S+. The lowest BCUT2D eigenvalue weighted by molar-refractivity contribution is -0.894. The van der Waals surface area contributed by atoms with Gasteiger partial charge in [-0.15, -0.1) is 0 Å². The van der Waals surface area contributed by atoms with Gasteiger partial charge < -0.3 is 19.5 Å². The molecule has 2 saturated carbocycles. The van der Waals surface area contributed by atoms with Gasteiger partial charge in [-0.2, -0.15) is 0 Å². The van der Waals surface area contributed by atoms with E-state index in [0.29, 0.717) is 25.7 Å². The van der Waals surface area contributed by atoms with Gasteiger partial charge in [-0.3, -0.25) is 0 Å². The third-order valence-electron chi connectivity index (χ3n) is 7.79. The van der Waals surface area contributed by atoms with Crippen LogP contribution in [-0.4, -0.2) is 55.6 Å². The molecule has 34 heavy (non-hydrogen) atoms. The van der Waals surface area contributed by atoms with Gasteiger partial charge in [0.05, 0.1) is 24.4 Å². The summed E-state index contributed by atoms with van der Waals surface area (Å²) in [4.78, 5) is 26.3. The van der Waals surface area contributed by atoms with E-state index in [4.69, 9.17) is 9.47 Å². The number of hydrogen-bond acceptors (Lipinski definition) is 7. The van der Waals surface area contributed by atoms with E-state index in [1.54, 1.807) is 4.90 Å². The van der Waals surface area contributed by atoms with Crippen LogP contribution in [0.2, 0.25) is 0 Å². The third kappa shape index (κ3) is 5.20. The van der Waals surface area contributed by atoms with Crippen molar-refractivity contribution in [1.29, 1.82) is 0 Å². The minimum absolute atomic E-state index is 0.0302. The van der Waals surface area contributed by atoms with Gasteiger partial charge in [0.2, 0.25) is 0 Å². The second-order valence-corrected chi connectivity index (χ2v) is 12.2. The second-order valence-electron chi connectivity index (χ2n) is 9.85. The maximum absolute atomic E-state index is 13.1. The molecule has 3 fully saturated rings. The Morgan fingerprint density at radius 2 is 1.32 bits per heavy atom. The molecule has 1 saturated heterocycles. The zero-order chi connectivity index (χ0) is 25.0. The minimum Gasteiger partial charge on any atom is -0.511 e. The van der Waals surface area contributed by atoms with Crippen molar-refractivity contribution < 1.29 is 37.5 Å². The smallest absolute Gasteiger partial charge is 0.348 e. The van der Waals surface area contributed by atoms with E-state index >= 15 is 0 Å². The summed E-state index contributed by atoms with van der Waals surface area (Å²) in [6, 6.07) is 0. The lowest BCUT2D eigenvalue weighted by Crippen LogP contribution is -3.11. The molecule has 0 aromatic rings. The maximum Gasteiger partial charge on any atom is 0.348 e. The molecular weight excluding hydrogens is 458 g/mol. The number of carbonyl (C=O) groups is 2. The average molecular weight is 499 g/mol. The number of aliphatic hydroxyl groups is 1. The normalized spacial score (nSPS) is 25.1. The fourth-order valence-electron chi connectivity index (χ4n) is 5.52. The van der Waals surface area contributed by atoms with Crippen molar-refractivity contribution in [3.63, 3.8) is 0 Å². The van der Waals surface area contributed by atoms with Crippen LogP contribution in [0.25, 0.3) is 0 Å². The number of sulfone groups is 1. The molecule has 0 bridgehead atoms. The molecule has 2 N–H and O–H groups in total. The van der Waals surface area contributed by atoms with Crippen LogP contribution in [0, 0.1) is 0 Å². The van der Waals surface area contributed by atoms with Crippen molar-refractivity contribution in [3.05, 3.63) is 22.3 Å². The quantitative estimate of drug-likeness (QED) is 0.348. The van der Waals surface area contributed by atoms with Crippen molar-refractivity contribution in [1.82, 2.24) is 0 Å². The fourth-order valence-corrected chi connectivity index (χ4v) is 7.80. The number of allylic oxidation sites excluding steroid dienone is 2. The van der Waals surface area contributed by atoms with E-state index in [2.05, 4.69) is 20.8 Å². The predicted molar refractivity (Wildman–Crippen MR) is 128 cm³/mol. The zero-order valence-electron chi connectivity index (χ0n) is 20.8. The van der Waals surface area contributed by atoms with Crippen LogP contribution in [0.15, 0.2) is 22.3 Å². The summed E-state index contributed by atoms with van der Waals surface area (Å²) >= 11 is 0. The Morgan fingerprint density at radius 1 is 0.853 bits per heavy atom. The minimum atomic E-state index is -3.84. The summed E-state index contributed by atoms with van der Waals surface area (Å²) in [7, 11) is -3.84. The molecule has 0 unspecified atom stereocenters. The average Bonchev–Trinajstić information content (AvgIpc) is 2.98. The first-order valence-electron chi connectivity index (χ1n) is 12.8. The van der Waals surface area contributed by atoms with E-state index in [-0.39, 0.29) is 17.1 Å². The lowest BCUT2D eigenvalue weighted by Gasteiger charge is -2.38. The monoisotopic (exact) mass is 498 g/mol. The van der Waals surface area contributed by atoms with Gasteiger partial charge in [-0.05, 0) is 52.5 Å². The molecule has 192 valence electrons. The molecule has 0 aromatic carbocycles. The number of nitrogens with one attached hydrogen (secondary N) is 1. The molecule has 4 aliphatic rings. The number of quaternary nitrogens is 1. The van der Waals surface area contributed by atoms with Gasteiger partial charge in [-0.25, -0.2) is 18.0 Å². The summed E-state index contributed by atoms with van der Waals surface area (Å²) in [6.07, 6.45) is 7.94. The Balaban J connectivity index is 0.000000406. The van der Waals surface area contributed by atoms with E-state index in [0.717, 1.165) is 44.6 Å². The van der Waals surface area contributed by atoms with Crippen LogP contribution in [0.4, 0.5) is 0 Å².